The van der Waals surface area contributed by atoms with Gasteiger partial charge in [-0.3, -0.25) is 9.48 Å². The van der Waals surface area contributed by atoms with Gasteiger partial charge in [0, 0.05) is 25.2 Å². The van der Waals surface area contributed by atoms with Crippen molar-refractivity contribution in [2.24, 2.45) is 0 Å². The first kappa shape index (κ1) is 15.0. The van der Waals surface area contributed by atoms with Crippen LogP contribution in [-0.2, 0) is 21.2 Å². The molecule has 0 N–H and O–H groups in total. The summed E-state index contributed by atoms with van der Waals surface area (Å²) >= 11 is 0. The predicted molar refractivity (Wildman–Crippen MR) is 75.9 cm³/mol. The molecule has 1 aromatic rings. The molecule has 0 spiro atoms. The molecule has 0 radical (unpaired) electrons. The van der Waals surface area contributed by atoms with E-state index in [1.54, 1.807) is 15.8 Å². The zero-order valence-corrected chi connectivity index (χ0v) is 12.7. The Kier molecular flexibility index (Phi) is 4.47. The van der Waals surface area contributed by atoms with E-state index in [0.29, 0.717) is 13.1 Å². The van der Waals surface area contributed by atoms with Crippen LogP contribution in [0.25, 0.3) is 0 Å². The number of hydrogen-bond acceptors (Lipinski definition) is 4. The van der Waals surface area contributed by atoms with Gasteiger partial charge in [0.25, 0.3) is 0 Å². The summed E-state index contributed by atoms with van der Waals surface area (Å²) in [5.74, 6) is -0.288. The van der Waals surface area contributed by atoms with Gasteiger partial charge in [-0.1, -0.05) is 0 Å². The minimum atomic E-state index is -3.35. The lowest BCUT2D eigenvalue weighted by molar-refractivity contribution is -0.134. The molecule has 2 heterocycles. The second kappa shape index (κ2) is 5.95. The summed E-state index contributed by atoms with van der Waals surface area (Å²) in [5, 5.41) is 3.19. The summed E-state index contributed by atoms with van der Waals surface area (Å²) in [7, 11) is -3.35. The van der Waals surface area contributed by atoms with E-state index < -0.39 is 15.1 Å². The van der Waals surface area contributed by atoms with E-state index in [-0.39, 0.29) is 11.9 Å². The minimum absolute atomic E-state index is 0.0281. The van der Waals surface area contributed by atoms with E-state index >= 15 is 0 Å². The fourth-order valence-corrected chi connectivity index (χ4v) is 3.02. The van der Waals surface area contributed by atoms with Crippen molar-refractivity contribution in [3.63, 3.8) is 0 Å². The number of carbonyl (C=O) groups is 1. The molecule has 1 saturated heterocycles. The van der Waals surface area contributed by atoms with E-state index in [4.69, 9.17) is 0 Å². The fourth-order valence-electron chi connectivity index (χ4n) is 2.52. The molecule has 0 saturated carbocycles. The number of rotatable bonds is 4. The lowest BCUT2D eigenvalue weighted by atomic mass is 10.0. The molecular weight excluding hydrogens is 278 g/mol. The van der Waals surface area contributed by atoms with E-state index in [0.717, 1.165) is 25.5 Å². The molecule has 6 nitrogen and oxygen atoms in total. The van der Waals surface area contributed by atoms with Gasteiger partial charge in [-0.25, -0.2) is 8.42 Å². The van der Waals surface area contributed by atoms with E-state index in [1.165, 1.54) is 6.92 Å². The smallest absolute Gasteiger partial charge is 0.240 e. The van der Waals surface area contributed by atoms with Crippen LogP contribution in [0.4, 0.5) is 0 Å². The van der Waals surface area contributed by atoms with Gasteiger partial charge in [-0.15, -0.1) is 0 Å². The zero-order chi connectivity index (χ0) is 14.8. The van der Waals surface area contributed by atoms with Gasteiger partial charge in [0.2, 0.25) is 5.91 Å². The lowest BCUT2D eigenvalue weighted by Crippen LogP contribution is -2.50. The molecule has 20 heavy (non-hydrogen) atoms. The average Bonchev–Trinajstić information content (AvgIpc) is 2.89. The number of nitrogens with zero attached hydrogens (tertiary/aromatic N) is 3. The fraction of sp³-hybridized carbons (Fsp3) is 0.692. The van der Waals surface area contributed by atoms with Gasteiger partial charge < -0.3 is 4.90 Å². The van der Waals surface area contributed by atoms with Gasteiger partial charge in [-0.05, 0) is 32.3 Å². The highest BCUT2D eigenvalue weighted by Gasteiger charge is 2.33. The predicted octanol–water partition coefficient (Wildman–Crippen LogP) is 0.697. The average molecular weight is 299 g/mol. The molecule has 1 amide bonds. The van der Waals surface area contributed by atoms with Crippen LogP contribution in [0.15, 0.2) is 18.5 Å². The Hall–Kier alpha value is -1.37. The third-order valence-electron chi connectivity index (χ3n) is 3.86. The van der Waals surface area contributed by atoms with Gasteiger partial charge >= 0.3 is 0 Å². The molecule has 112 valence electrons. The number of sulfone groups is 1. The largest absolute Gasteiger partial charge is 0.337 e. The van der Waals surface area contributed by atoms with Crippen LogP contribution >= 0.6 is 0 Å². The number of hydrogen-bond donors (Lipinski definition) is 0. The molecule has 7 heteroatoms. The SMILES string of the molecule is CC(C(=O)N1CCCCC1Cn1cccn1)S(C)(=O)=O. The highest BCUT2D eigenvalue weighted by molar-refractivity contribution is 7.92. The minimum Gasteiger partial charge on any atom is -0.337 e. The summed E-state index contributed by atoms with van der Waals surface area (Å²) < 4.78 is 24.9. The van der Waals surface area contributed by atoms with Crippen molar-refractivity contribution in [3.8, 4) is 0 Å². The Morgan fingerprint density at radius 2 is 2.20 bits per heavy atom. The van der Waals surface area contributed by atoms with Crippen LogP contribution in [-0.4, -0.2) is 53.1 Å². The molecule has 2 unspecified atom stereocenters. The number of amides is 1. The maximum absolute atomic E-state index is 12.4. The highest BCUT2D eigenvalue weighted by Crippen LogP contribution is 2.20. The first-order chi connectivity index (χ1) is 9.39. The van der Waals surface area contributed by atoms with Crippen molar-refractivity contribution in [1.29, 1.82) is 0 Å². The monoisotopic (exact) mass is 299 g/mol. The molecule has 1 fully saturated rings. The van der Waals surface area contributed by atoms with Crippen molar-refractivity contribution in [2.45, 2.75) is 44.0 Å². The molecule has 0 aromatic carbocycles. The summed E-state index contributed by atoms with van der Waals surface area (Å²) in [4.78, 5) is 14.1. The van der Waals surface area contributed by atoms with Crippen molar-refractivity contribution in [1.82, 2.24) is 14.7 Å². The Morgan fingerprint density at radius 3 is 2.80 bits per heavy atom. The molecule has 2 rings (SSSR count). The van der Waals surface area contributed by atoms with E-state index in [9.17, 15) is 13.2 Å². The van der Waals surface area contributed by atoms with Gasteiger partial charge in [0.05, 0.1) is 12.6 Å². The lowest BCUT2D eigenvalue weighted by Gasteiger charge is -2.37. The van der Waals surface area contributed by atoms with Crippen LogP contribution in [0.1, 0.15) is 26.2 Å². The molecule has 0 bridgehead atoms. The van der Waals surface area contributed by atoms with Gasteiger partial charge in [-0.2, -0.15) is 5.10 Å². The Bertz CT molecular complexity index is 553. The van der Waals surface area contributed by atoms with Crippen LogP contribution in [0.5, 0.6) is 0 Å². The third-order valence-corrected chi connectivity index (χ3v) is 5.34. The van der Waals surface area contributed by atoms with E-state index in [1.807, 2.05) is 12.3 Å². The summed E-state index contributed by atoms with van der Waals surface area (Å²) in [5.41, 5.74) is 0. The summed E-state index contributed by atoms with van der Waals surface area (Å²) in [6, 6.07) is 1.87. The second-order valence-corrected chi connectivity index (χ2v) is 7.75. The molecule has 1 aliphatic heterocycles. The highest BCUT2D eigenvalue weighted by atomic mass is 32.2. The number of piperidine rings is 1. The van der Waals surface area contributed by atoms with Crippen LogP contribution in [0.3, 0.4) is 0 Å². The molecular formula is C13H21N3O3S. The van der Waals surface area contributed by atoms with E-state index in [2.05, 4.69) is 5.10 Å². The second-order valence-electron chi connectivity index (χ2n) is 5.38. The molecule has 0 aliphatic carbocycles. The van der Waals surface area contributed by atoms with Gasteiger partial charge in [0.1, 0.15) is 5.25 Å². The first-order valence-electron chi connectivity index (χ1n) is 6.86. The first-order valence-corrected chi connectivity index (χ1v) is 8.82. The van der Waals surface area contributed by atoms with Crippen LogP contribution in [0.2, 0.25) is 0 Å². The Morgan fingerprint density at radius 1 is 1.45 bits per heavy atom. The number of aromatic nitrogens is 2. The summed E-state index contributed by atoms with van der Waals surface area (Å²) in [6.07, 6.45) is 7.55. The maximum Gasteiger partial charge on any atom is 0.240 e. The summed E-state index contributed by atoms with van der Waals surface area (Å²) in [6.45, 7) is 2.72. The molecule has 2 atom stereocenters. The van der Waals surface area contributed by atoms with Crippen LogP contribution in [0, 0.1) is 0 Å². The molecule has 1 aromatic heterocycles. The number of likely N-dealkylation sites (tertiary alicyclic amines) is 1. The molecule has 1 aliphatic rings. The third kappa shape index (κ3) is 3.39. The van der Waals surface area contributed by atoms with Crippen molar-refractivity contribution in [2.75, 3.05) is 12.8 Å². The zero-order valence-electron chi connectivity index (χ0n) is 11.9. The Balaban J connectivity index is 2.12. The topological polar surface area (TPSA) is 72.3 Å². The maximum atomic E-state index is 12.4. The number of carbonyl (C=O) groups excluding carboxylic acids is 1. The normalized spacial score (nSPS) is 21.7. The standard InChI is InChI=1S/C13H21N3O3S/c1-11(20(2,18)19)13(17)16-9-4-3-6-12(16)10-15-8-5-7-14-15/h5,7-8,11-12H,3-4,6,9-10H2,1-2H3. The van der Waals surface area contributed by atoms with Crippen molar-refractivity contribution in [3.05, 3.63) is 18.5 Å². The van der Waals surface area contributed by atoms with Crippen LogP contribution < -0.4 is 0 Å². The van der Waals surface area contributed by atoms with Crippen molar-refractivity contribution < 1.29 is 13.2 Å². The quantitative estimate of drug-likeness (QED) is 0.820. The Labute approximate surface area is 119 Å². The van der Waals surface area contributed by atoms with Crippen molar-refractivity contribution >= 4 is 15.7 Å². The van der Waals surface area contributed by atoms with Gasteiger partial charge in [0.15, 0.2) is 9.84 Å².